The lowest BCUT2D eigenvalue weighted by Gasteiger charge is -2.24. The molecule has 1 aromatic heterocycles. The molecule has 17 heavy (non-hydrogen) atoms. The fourth-order valence-corrected chi connectivity index (χ4v) is 3.02. The minimum absolute atomic E-state index is 0.365. The Morgan fingerprint density at radius 1 is 1.71 bits per heavy atom. The lowest BCUT2D eigenvalue weighted by Crippen LogP contribution is -2.36. The number of nitriles is 1. The van der Waals surface area contributed by atoms with E-state index in [1.165, 1.54) is 16.2 Å². The molecule has 2 rings (SSSR count). The van der Waals surface area contributed by atoms with Gasteiger partial charge in [0.15, 0.2) is 4.47 Å². The van der Waals surface area contributed by atoms with Crippen molar-refractivity contribution in [2.24, 2.45) is 10.9 Å². The van der Waals surface area contributed by atoms with Gasteiger partial charge in [-0.2, -0.15) is 10.3 Å². The number of aliphatic imine (C=N–C) groups is 1. The molecule has 4 nitrogen and oxygen atoms in total. The summed E-state index contributed by atoms with van der Waals surface area (Å²) in [6.45, 7) is 0.920. The molecule has 90 valence electrons. The standard InChI is InChI=1S/C11H13ClN4S/c12-11-15-6-9(17-11)4-3-8-2-1-5-14-10(8)16-7-13/h6,8H,1-5H2,(H,14,16). The van der Waals surface area contributed by atoms with Gasteiger partial charge in [-0.1, -0.05) is 11.6 Å². The van der Waals surface area contributed by atoms with Crippen LogP contribution in [-0.4, -0.2) is 17.4 Å². The summed E-state index contributed by atoms with van der Waals surface area (Å²) in [7, 11) is 0. The predicted molar refractivity (Wildman–Crippen MR) is 69.2 cm³/mol. The van der Waals surface area contributed by atoms with Gasteiger partial charge in [0.05, 0.1) is 0 Å². The van der Waals surface area contributed by atoms with Crippen LogP contribution in [0.5, 0.6) is 0 Å². The average Bonchev–Trinajstić information content (AvgIpc) is 2.74. The fraction of sp³-hybridized carbons (Fsp3) is 0.545. The van der Waals surface area contributed by atoms with E-state index in [4.69, 9.17) is 16.9 Å². The Bertz CT molecular complexity index is 449. The molecule has 1 N–H and O–H groups in total. The van der Waals surface area contributed by atoms with Gasteiger partial charge in [0.25, 0.3) is 0 Å². The molecule has 1 fully saturated rings. The third-order valence-corrected chi connectivity index (χ3v) is 4.03. The maximum Gasteiger partial charge on any atom is 0.207 e. The highest BCUT2D eigenvalue weighted by Crippen LogP contribution is 2.23. The molecule has 6 heteroatoms. The van der Waals surface area contributed by atoms with E-state index in [2.05, 4.69) is 15.3 Å². The van der Waals surface area contributed by atoms with E-state index in [9.17, 15) is 0 Å². The molecule has 1 unspecified atom stereocenters. The fourth-order valence-electron chi connectivity index (χ4n) is 2.03. The van der Waals surface area contributed by atoms with Gasteiger partial charge >= 0.3 is 0 Å². The van der Waals surface area contributed by atoms with Crippen LogP contribution in [0.15, 0.2) is 11.2 Å². The number of rotatable bonds is 3. The van der Waals surface area contributed by atoms with E-state index in [0.717, 1.165) is 38.1 Å². The third-order valence-electron chi connectivity index (χ3n) is 2.86. The highest BCUT2D eigenvalue weighted by Gasteiger charge is 2.20. The van der Waals surface area contributed by atoms with Crippen molar-refractivity contribution in [2.45, 2.75) is 25.7 Å². The van der Waals surface area contributed by atoms with E-state index < -0.39 is 0 Å². The molecule has 1 aliphatic heterocycles. The number of amidine groups is 1. The summed E-state index contributed by atoms with van der Waals surface area (Å²) in [6.07, 6.45) is 7.86. The number of aromatic nitrogens is 1. The molecule has 0 saturated carbocycles. The molecule has 1 aromatic rings. The summed E-state index contributed by atoms with van der Waals surface area (Å²) in [6, 6.07) is 0. The van der Waals surface area contributed by atoms with Gasteiger partial charge in [0.2, 0.25) is 6.19 Å². The van der Waals surface area contributed by atoms with E-state index >= 15 is 0 Å². The zero-order valence-electron chi connectivity index (χ0n) is 9.32. The summed E-state index contributed by atoms with van der Waals surface area (Å²) >= 11 is 7.31. The maximum atomic E-state index is 8.62. The molecule has 0 aliphatic carbocycles. The first-order valence-electron chi connectivity index (χ1n) is 5.60. The Morgan fingerprint density at radius 3 is 3.29 bits per heavy atom. The van der Waals surface area contributed by atoms with Crippen LogP contribution in [0.3, 0.4) is 0 Å². The van der Waals surface area contributed by atoms with Crippen molar-refractivity contribution in [2.75, 3.05) is 6.54 Å². The van der Waals surface area contributed by atoms with Gasteiger partial charge < -0.3 is 5.32 Å². The predicted octanol–water partition coefficient (Wildman–Crippen LogP) is 2.61. The third kappa shape index (κ3) is 3.42. The molecule has 1 atom stereocenters. The zero-order chi connectivity index (χ0) is 12.1. The van der Waals surface area contributed by atoms with Crippen molar-refractivity contribution in [3.8, 4) is 6.19 Å². The number of aryl methyl sites for hydroxylation is 1. The molecule has 2 heterocycles. The monoisotopic (exact) mass is 268 g/mol. The first-order chi connectivity index (χ1) is 8.29. The normalized spacial score (nSPS) is 22.1. The minimum Gasteiger partial charge on any atom is -0.373 e. The smallest absolute Gasteiger partial charge is 0.207 e. The highest BCUT2D eigenvalue weighted by molar-refractivity contribution is 7.15. The van der Waals surface area contributed by atoms with Crippen LogP contribution in [0.2, 0.25) is 4.47 Å². The van der Waals surface area contributed by atoms with Gasteiger partial charge in [-0.15, -0.1) is 11.3 Å². The number of piperidine rings is 1. The number of thiazole rings is 1. The summed E-state index contributed by atoms with van der Waals surface area (Å²) in [4.78, 5) is 9.07. The van der Waals surface area contributed by atoms with Crippen LogP contribution in [-0.2, 0) is 6.42 Å². The Morgan fingerprint density at radius 2 is 2.59 bits per heavy atom. The minimum atomic E-state index is 0.365. The number of hydrogen-bond acceptors (Lipinski definition) is 4. The van der Waals surface area contributed by atoms with Crippen LogP contribution >= 0.6 is 22.9 Å². The summed E-state index contributed by atoms with van der Waals surface area (Å²) < 4.78 is 0.590. The summed E-state index contributed by atoms with van der Waals surface area (Å²) in [5, 5.41) is 11.8. The van der Waals surface area contributed by atoms with Crippen molar-refractivity contribution in [3.05, 3.63) is 15.5 Å². The van der Waals surface area contributed by atoms with Crippen molar-refractivity contribution in [3.63, 3.8) is 0 Å². The molecule has 0 aromatic carbocycles. The highest BCUT2D eigenvalue weighted by atomic mass is 35.5. The van der Waals surface area contributed by atoms with E-state index in [-0.39, 0.29) is 0 Å². The number of hydrogen-bond donors (Lipinski definition) is 1. The molecule has 1 aliphatic rings. The maximum absolute atomic E-state index is 8.62. The topological polar surface area (TPSA) is 61.1 Å². The van der Waals surface area contributed by atoms with E-state index in [0.29, 0.717) is 10.4 Å². The molecule has 1 saturated heterocycles. The molecule has 0 amide bonds. The molecular weight excluding hydrogens is 256 g/mol. The number of nitrogens with one attached hydrogen (secondary N) is 1. The Kier molecular flexibility index (Phi) is 4.35. The second kappa shape index (κ2) is 5.99. The lowest BCUT2D eigenvalue weighted by molar-refractivity contribution is 0.498. The van der Waals surface area contributed by atoms with Gasteiger partial charge in [0, 0.05) is 23.5 Å². The summed E-state index contributed by atoms with van der Waals surface area (Å²) in [5.74, 6) is 1.21. The van der Waals surface area contributed by atoms with Gasteiger partial charge in [-0.25, -0.2) is 4.98 Å². The van der Waals surface area contributed by atoms with Crippen LogP contribution in [0.4, 0.5) is 0 Å². The Balaban J connectivity index is 1.93. The number of halogens is 1. The van der Waals surface area contributed by atoms with Crippen molar-refractivity contribution in [1.29, 1.82) is 5.26 Å². The lowest BCUT2D eigenvalue weighted by atomic mass is 9.93. The van der Waals surface area contributed by atoms with Gasteiger partial charge in [-0.05, 0) is 25.7 Å². The zero-order valence-corrected chi connectivity index (χ0v) is 10.9. The van der Waals surface area contributed by atoms with E-state index in [1.807, 2.05) is 12.4 Å². The van der Waals surface area contributed by atoms with Crippen molar-refractivity contribution in [1.82, 2.24) is 10.3 Å². The van der Waals surface area contributed by atoms with Crippen LogP contribution in [0.25, 0.3) is 0 Å². The number of nitrogens with zero attached hydrogens (tertiary/aromatic N) is 3. The molecular formula is C11H13ClN4S. The summed E-state index contributed by atoms with van der Waals surface area (Å²) in [5.41, 5.74) is 0. The first kappa shape index (κ1) is 12.3. The van der Waals surface area contributed by atoms with Crippen LogP contribution < -0.4 is 5.32 Å². The second-order valence-electron chi connectivity index (χ2n) is 3.98. The Hall–Kier alpha value is -1.12. The van der Waals surface area contributed by atoms with Gasteiger partial charge in [-0.3, -0.25) is 0 Å². The molecule has 0 bridgehead atoms. The van der Waals surface area contributed by atoms with Gasteiger partial charge in [0.1, 0.15) is 5.84 Å². The SMILES string of the molecule is N#CN=C1NCCCC1CCc1cnc(Cl)s1. The van der Waals surface area contributed by atoms with Crippen LogP contribution in [0.1, 0.15) is 24.1 Å². The van der Waals surface area contributed by atoms with Crippen molar-refractivity contribution < 1.29 is 0 Å². The first-order valence-corrected chi connectivity index (χ1v) is 6.80. The van der Waals surface area contributed by atoms with Crippen molar-refractivity contribution >= 4 is 28.8 Å². The molecule has 0 radical (unpaired) electrons. The van der Waals surface area contributed by atoms with E-state index in [1.54, 1.807) is 0 Å². The largest absolute Gasteiger partial charge is 0.373 e. The average molecular weight is 269 g/mol. The Labute approximate surface area is 109 Å². The quantitative estimate of drug-likeness (QED) is 0.857. The van der Waals surface area contributed by atoms with Crippen LogP contribution in [0, 0.1) is 17.4 Å². The second-order valence-corrected chi connectivity index (χ2v) is 5.68. The molecule has 0 spiro atoms.